The van der Waals surface area contributed by atoms with E-state index in [1.165, 1.54) is 0 Å². The average Bonchev–Trinajstić information content (AvgIpc) is 2.97. The highest BCUT2D eigenvalue weighted by Gasteiger charge is 2.39. The first kappa shape index (κ1) is 23.3. The minimum absolute atomic E-state index is 0. The van der Waals surface area contributed by atoms with E-state index >= 15 is 0 Å². The number of rotatable bonds is 3. The molecule has 2 N–H and O–H groups in total. The van der Waals surface area contributed by atoms with Gasteiger partial charge in [0.05, 0.1) is 29.3 Å². The minimum atomic E-state index is -3.01. The van der Waals surface area contributed by atoms with Gasteiger partial charge < -0.3 is 10.6 Å². The van der Waals surface area contributed by atoms with Gasteiger partial charge in [0.1, 0.15) is 9.84 Å². The van der Waals surface area contributed by atoms with Gasteiger partial charge in [0.2, 0.25) is 0 Å². The van der Waals surface area contributed by atoms with E-state index in [0.29, 0.717) is 51.8 Å². The number of carbonyl (C=O) groups excluding carboxylic acids is 1. The fourth-order valence-electron chi connectivity index (χ4n) is 4.25. The molecule has 0 atom stereocenters. The van der Waals surface area contributed by atoms with E-state index in [0.717, 1.165) is 11.3 Å². The first-order valence-corrected chi connectivity index (χ1v) is 12.0. The largest absolute Gasteiger partial charge is 0.330 e. The predicted octanol–water partition coefficient (Wildman–Crippen LogP) is 3.78. The number of sulfone groups is 1. The Labute approximate surface area is 192 Å². The standard InChI is InChI=1S/C20H21Cl2N3O3S.ClH/c1-11-15(9-23)18(14-3-2-12(21)8-16(14)22)19-17(24-11)10-25(20(19)26)13-4-6-29(27,28)7-5-13;/h2-3,8,13H,4-7,9-10,23H2,1H3;1H. The number of nitrogens with two attached hydrogens (primary N) is 1. The van der Waals surface area contributed by atoms with Gasteiger partial charge in [-0.3, -0.25) is 9.78 Å². The maximum Gasteiger partial charge on any atom is 0.257 e. The summed E-state index contributed by atoms with van der Waals surface area (Å²) < 4.78 is 23.6. The van der Waals surface area contributed by atoms with Gasteiger partial charge >= 0.3 is 0 Å². The molecule has 2 aliphatic heterocycles. The van der Waals surface area contributed by atoms with Crippen LogP contribution in [0.25, 0.3) is 11.1 Å². The molecule has 162 valence electrons. The zero-order chi connectivity index (χ0) is 20.9. The van der Waals surface area contributed by atoms with Crippen LogP contribution in [0.5, 0.6) is 0 Å². The summed E-state index contributed by atoms with van der Waals surface area (Å²) in [5.41, 5.74) is 10.1. The molecular weight excluding hydrogens is 469 g/mol. The molecule has 4 rings (SSSR count). The number of pyridine rings is 1. The molecule has 0 aliphatic carbocycles. The van der Waals surface area contributed by atoms with Crippen LogP contribution in [-0.2, 0) is 22.9 Å². The average molecular weight is 491 g/mol. The van der Waals surface area contributed by atoms with E-state index in [2.05, 4.69) is 4.98 Å². The number of amides is 1. The first-order valence-electron chi connectivity index (χ1n) is 9.41. The van der Waals surface area contributed by atoms with Crippen molar-refractivity contribution in [2.24, 2.45) is 5.73 Å². The van der Waals surface area contributed by atoms with Crippen LogP contribution in [0, 0.1) is 6.92 Å². The Balaban J connectivity index is 0.00000256. The Bertz CT molecular complexity index is 1110. The number of benzene rings is 1. The molecule has 0 bridgehead atoms. The second kappa shape index (κ2) is 8.63. The SMILES string of the molecule is Cc1nc2c(c(-c3ccc(Cl)cc3Cl)c1CN)C(=O)N(C1CCS(=O)(=O)CC1)C2.Cl. The zero-order valence-electron chi connectivity index (χ0n) is 16.3. The molecular formula is C20H22Cl3N3O3S. The van der Waals surface area contributed by atoms with Crippen molar-refractivity contribution in [1.82, 2.24) is 9.88 Å². The van der Waals surface area contributed by atoms with Gasteiger partial charge in [0.15, 0.2) is 0 Å². The van der Waals surface area contributed by atoms with Crippen LogP contribution in [0.4, 0.5) is 0 Å². The fraction of sp³-hybridized carbons (Fsp3) is 0.400. The monoisotopic (exact) mass is 489 g/mol. The molecule has 0 saturated carbocycles. The number of carbonyl (C=O) groups is 1. The molecule has 1 amide bonds. The quantitative estimate of drug-likeness (QED) is 0.707. The molecule has 1 aromatic carbocycles. The Kier molecular flexibility index (Phi) is 6.70. The van der Waals surface area contributed by atoms with Crippen molar-refractivity contribution >= 4 is 51.4 Å². The Hall–Kier alpha value is -1.38. The highest BCUT2D eigenvalue weighted by atomic mass is 35.5. The van der Waals surface area contributed by atoms with E-state index in [-0.39, 0.29) is 42.4 Å². The number of aryl methyl sites for hydroxylation is 1. The Morgan fingerprint density at radius 1 is 1.20 bits per heavy atom. The van der Waals surface area contributed by atoms with Gasteiger partial charge in [-0.2, -0.15) is 0 Å². The lowest BCUT2D eigenvalue weighted by Gasteiger charge is -2.30. The van der Waals surface area contributed by atoms with Gasteiger partial charge in [-0.25, -0.2) is 8.42 Å². The summed E-state index contributed by atoms with van der Waals surface area (Å²) in [5.74, 6) is 0.0648. The van der Waals surface area contributed by atoms with E-state index in [1.54, 1.807) is 23.1 Å². The van der Waals surface area contributed by atoms with Crippen molar-refractivity contribution < 1.29 is 13.2 Å². The number of halogens is 3. The highest BCUT2D eigenvalue weighted by molar-refractivity contribution is 7.91. The van der Waals surface area contributed by atoms with Crippen LogP contribution in [0.1, 0.15) is 40.2 Å². The predicted molar refractivity (Wildman–Crippen MR) is 121 cm³/mol. The van der Waals surface area contributed by atoms with Crippen LogP contribution < -0.4 is 5.73 Å². The van der Waals surface area contributed by atoms with Gasteiger partial charge in [-0.15, -0.1) is 12.4 Å². The number of aromatic nitrogens is 1. The molecule has 0 unspecified atom stereocenters. The van der Waals surface area contributed by atoms with Crippen molar-refractivity contribution in [2.75, 3.05) is 11.5 Å². The molecule has 10 heteroatoms. The first-order chi connectivity index (χ1) is 13.7. The number of fused-ring (bicyclic) bond motifs is 1. The molecule has 1 saturated heterocycles. The molecule has 2 aliphatic rings. The lowest BCUT2D eigenvalue weighted by Crippen LogP contribution is -2.41. The Morgan fingerprint density at radius 3 is 2.47 bits per heavy atom. The molecule has 30 heavy (non-hydrogen) atoms. The van der Waals surface area contributed by atoms with Crippen molar-refractivity contribution in [2.45, 2.75) is 38.9 Å². The van der Waals surface area contributed by atoms with Crippen molar-refractivity contribution in [1.29, 1.82) is 0 Å². The van der Waals surface area contributed by atoms with Crippen molar-refractivity contribution in [3.05, 3.63) is 50.8 Å². The minimum Gasteiger partial charge on any atom is -0.330 e. The summed E-state index contributed by atoms with van der Waals surface area (Å²) in [6.45, 7) is 2.45. The summed E-state index contributed by atoms with van der Waals surface area (Å²) in [4.78, 5) is 19.8. The molecule has 1 fully saturated rings. The van der Waals surface area contributed by atoms with Crippen molar-refractivity contribution in [3.8, 4) is 11.1 Å². The van der Waals surface area contributed by atoms with Crippen LogP contribution in [0.15, 0.2) is 18.2 Å². The van der Waals surface area contributed by atoms with E-state index < -0.39 is 9.84 Å². The summed E-state index contributed by atoms with van der Waals surface area (Å²) >= 11 is 12.5. The maximum atomic E-state index is 13.4. The molecule has 3 heterocycles. The molecule has 0 radical (unpaired) electrons. The fourth-order valence-corrected chi connectivity index (χ4v) is 6.22. The van der Waals surface area contributed by atoms with E-state index in [1.807, 2.05) is 6.92 Å². The van der Waals surface area contributed by atoms with Crippen molar-refractivity contribution in [3.63, 3.8) is 0 Å². The summed E-state index contributed by atoms with van der Waals surface area (Å²) in [6.07, 6.45) is 0.893. The molecule has 2 aromatic rings. The normalized spacial score (nSPS) is 18.3. The molecule has 1 aromatic heterocycles. The second-order valence-corrected chi connectivity index (χ2v) is 10.7. The number of hydrogen-bond acceptors (Lipinski definition) is 5. The van der Waals surface area contributed by atoms with Gasteiger partial charge in [-0.05, 0) is 37.5 Å². The van der Waals surface area contributed by atoms with Gasteiger partial charge in [0.25, 0.3) is 5.91 Å². The third-order valence-electron chi connectivity index (χ3n) is 5.74. The van der Waals surface area contributed by atoms with Gasteiger partial charge in [-0.1, -0.05) is 29.3 Å². The number of nitrogens with zero attached hydrogens (tertiary/aromatic N) is 2. The number of hydrogen-bond donors (Lipinski definition) is 1. The van der Waals surface area contributed by atoms with Crippen LogP contribution >= 0.6 is 35.6 Å². The van der Waals surface area contributed by atoms with E-state index in [4.69, 9.17) is 28.9 Å². The highest BCUT2D eigenvalue weighted by Crippen LogP contribution is 2.41. The molecule has 0 spiro atoms. The van der Waals surface area contributed by atoms with Crippen LogP contribution in [-0.4, -0.2) is 41.8 Å². The van der Waals surface area contributed by atoms with Crippen LogP contribution in [0.3, 0.4) is 0 Å². The lowest BCUT2D eigenvalue weighted by molar-refractivity contribution is 0.0690. The third kappa shape index (κ3) is 4.06. The smallest absolute Gasteiger partial charge is 0.257 e. The summed E-state index contributed by atoms with van der Waals surface area (Å²) in [5, 5.41) is 0.946. The van der Waals surface area contributed by atoms with Crippen LogP contribution in [0.2, 0.25) is 10.0 Å². The van der Waals surface area contributed by atoms with Gasteiger partial charge in [0, 0.05) is 39.5 Å². The maximum absolute atomic E-state index is 13.4. The Morgan fingerprint density at radius 2 is 1.87 bits per heavy atom. The topological polar surface area (TPSA) is 93.4 Å². The third-order valence-corrected chi connectivity index (χ3v) is 8.01. The summed E-state index contributed by atoms with van der Waals surface area (Å²) in [6, 6.07) is 5.05. The van der Waals surface area contributed by atoms with E-state index in [9.17, 15) is 13.2 Å². The lowest BCUT2D eigenvalue weighted by atomic mass is 9.93. The molecule has 6 nitrogen and oxygen atoms in total. The summed E-state index contributed by atoms with van der Waals surface area (Å²) in [7, 11) is -3.01. The second-order valence-electron chi connectivity index (χ2n) is 7.52. The zero-order valence-corrected chi connectivity index (χ0v) is 19.5.